The van der Waals surface area contributed by atoms with Crippen molar-refractivity contribution in [3.05, 3.63) is 0 Å². The highest BCUT2D eigenvalue weighted by Crippen LogP contribution is 2.05. The Hall–Kier alpha value is -0.0800. The third-order valence-electron chi connectivity index (χ3n) is 1.69. The molecule has 0 spiro atoms. The van der Waals surface area contributed by atoms with Crippen LogP contribution in [0.3, 0.4) is 0 Å². The van der Waals surface area contributed by atoms with E-state index < -0.39 is 0 Å². The zero-order valence-electron chi connectivity index (χ0n) is 7.30. The van der Waals surface area contributed by atoms with Gasteiger partial charge in [0.15, 0.2) is 0 Å². The molecule has 0 aromatic heterocycles. The third kappa shape index (κ3) is 6.05. The van der Waals surface area contributed by atoms with Crippen molar-refractivity contribution in [2.24, 2.45) is 5.92 Å². The minimum Gasteiger partial charge on any atom is -0.396 e. The van der Waals surface area contributed by atoms with Gasteiger partial charge in [-0.1, -0.05) is 6.92 Å². The Morgan fingerprint density at radius 1 is 1.30 bits per heavy atom. The van der Waals surface area contributed by atoms with Gasteiger partial charge in [0.05, 0.1) is 0 Å². The second-order valence-electron chi connectivity index (χ2n) is 3.21. The summed E-state index contributed by atoms with van der Waals surface area (Å²) in [7, 11) is 4.15. The van der Waals surface area contributed by atoms with Gasteiger partial charge in [-0.15, -0.1) is 0 Å². The Morgan fingerprint density at radius 2 is 1.90 bits per heavy atom. The van der Waals surface area contributed by atoms with Crippen LogP contribution in [-0.2, 0) is 0 Å². The zero-order valence-corrected chi connectivity index (χ0v) is 7.30. The van der Waals surface area contributed by atoms with Crippen LogP contribution in [0.15, 0.2) is 0 Å². The molecule has 10 heavy (non-hydrogen) atoms. The molecule has 0 amide bonds. The summed E-state index contributed by atoms with van der Waals surface area (Å²) < 4.78 is 0. The van der Waals surface area contributed by atoms with Gasteiger partial charge in [-0.3, -0.25) is 0 Å². The molecule has 2 heteroatoms. The van der Waals surface area contributed by atoms with Crippen molar-refractivity contribution in [1.29, 1.82) is 0 Å². The Balaban J connectivity index is 3.12. The fourth-order valence-electron chi connectivity index (χ4n) is 0.843. The van der Waals surface area contributed by atoms with E-state index in [0.717, 1.165) is 13.0 Å². The molecule has 0 rings (SSSR count). The topological polar surface area (TPSA) is 23.5 Å². The molecule has 1 N–H and O–H groups in total. The molecule has 0 radical (unpaired) electrons. The molecule has 0 aliphatic carbocycles. The minimum absolute atomic E-state index is 0.328. The average molecular weight is 145 g/mol. The lowest BCUT2D eigenvalue weighted by Crippen LogP contribution is -2.15. The first-order valence-electron chi connectivity index (χ1n) is 3.92. The van der Waals surface area contributed by atoms with Crippen LogP contribution < -0.4 is 0 Å². The van der Waals surface area contributed by atoms with Crippen LogP contribution >= 0.6 is 0 Å². The maximum Gasteiger partial charge on any atom is 0.0433 e. The SMILES string of the molecule is CC(CCO)CCN(C)C. The molecule has 1 unspecified atom stereocenters. The molecule has 0 saturated heterocycles. The van der Waals surface area contributed by atoms with Gasteiger partial charge >= 0.3 is 0 Å². The molecule has 0 aromatic rings. The van der Waals surface area contributed by atoms with Crippen LogP contribution in [0.4, 0.5) is 0 Å². The van der Waals surface area contributed by atoms with Gasteiger partial charge in [0.1, 0.15) is 0 Å². The monoisotopic (exact) mass is 145 g/mol. The van der Waals surface area contributed by atoms with E-state index in [2.05, 4.69) is 25.9 Å². The van der Waals surface area contributed by atoms with E-state index in [1.54, 1.807) is 0 Å². The van der Waals surface area contributed by atoms with Gasteiger partial charge in [-0.2, -0.15) is 0 Å². The van der Waals surface area contributed by atoms with Gasteiger partial charge in [-0.25, -0.2) is 0 Å². The first-order chi connectivity index (χ1) is 4.66. The largest absolute Gasteiger partial charge is 0.396 e. The molecule has 1 atom stereocenters. The van der Waals surface area contributed by atoms with E-state index in [-0.39, 0.29) is 0 Å². The standard InChI is InChI=1S/C8H19NO/c1-8(5-7-10)4-6-9(2)3/h8,10H,4-7H2,1-3H3. The van der Waals surface area contributed by atoms with E-state index in [4.69, 9.17) is 5.11 Å². The van der Waals surface area contributed by atoms with Crippen molar-refractivity contribution < 1.29 is 5.11 Å². The second-order valence-corrected chi connectivity index (χ2v) is 3.21. The molecule has 0 heterocycles. The van der Waals surface area contributed by atoms with Gasteiger partial charge in [0, 0.05) is 6.61 Å². The van der Waals surface area contributed by atoms with Crippen LogP contribution in [-0.4, -0.2) is 37.3 Å². The highest BCUT2D eigenvalue weighted by Gasteiger charge is 2.00. The van der Waals surface area contributed by atoms with Crippen LogP contribution in [0.25, 0.3) is 0 Å². The van der Waals surface area contributed by atoms with Crippen molar-refractivity contribution in [3.8, 4) is 0 Å². The van der Waals surface area contributed by atoms with Crippen LogP contribution in [0.5, 0.6) is 0 Å². The number of rotatable bonds is 5. The van der Waals surface area contributed by atoms with E-state index >= 15 is 0 Å². The smallest absolute Gasteiger partial charge is 0.0433 e. The number of hydrogen-bond donors (Lipinski definition) is 1. The second kappa shape index (κ2) is 5.69. The zero-order chi connectivity index (χ0) is 7.98. The average Bonchev–Trinajstić information content (AvgIpc) is 1.85. The summed E-state index contributed by atoms with van der Waals surface area (Å²) in [6.07, 6.45) is 2.13. The summed E-state index contributed by atoms with van der Waals surface area (Å²) >= 11 is 0. The lowest BCUT2D eigenvalue weighted by atomic mass is 10.0. The van der Waals surface area contributed by atoms with E-state index in [1.807, 2.05) is 0 Å². The lowest BCUT2D eigenvalue weighted by Gasteiger charge is -2.13. The van der Waals surface area contributed by atoms with Crippen molar-refractivity contribution in [2.75, 3.05) is 27.2 Å². The normalized spacial score (nSPS) is 14.1. The number of hydrogen-bond acceptors (Lipinski definition) is 2. The fraction of sp³-hybridized carbons (Fsp3) is 1.00. The molecule has 2 nitrogen and oxygen atoms in total. The molecule has 0 saturated carbocycles. The number of aliphatic hydroxyl groups is 1. The van der Waals surface area contributed by atoms with Gasteiger partial charge < -0.3 is 10.0 Å². The fourth-order valence-corrected chi connectivity index (χ4v) is 0.843. The van der Waals surface area contributed by atoms with E-state index in [0.29, 0.717) is 12.5 Å². The summed E-state index contributed by atoms with van der Waals surface area (Å²) in [5, 5.41) is 8.59. The Morgan fingerprint density at radius 3 is 2.30 bits per heavy atom. The van der Waals surface area contributed by atoms with Crippen LogP contribution in [0, 0.1) is 5.92 Å². The summed E-state index contributed by atoms with van der Waals surface area (Å²) in [5.41, 5.74) is 0. The summed E-state index contributed by atoms with van der Waals surface area (Å²) in [4.78, 5) is 2.17. The van der Waals surface area contributed by atoms with Gasteiger partial charge in [0.2, 0.25) is 0 Å². The van der Waals surface area contributed by atoms with Crippen molar-refractivity contribution >= 4 is 0 Å². The summed E-state index contributed by atoms with van der Waals surface area (Å²) in [6, 6.07) is 0. The Kier molecular flexibility index (Phi) is 5.64. The van der Waals surface area contributed by atoms with E-state index in [1.165, 1.54) is 6.42 Å². The molecule has 0 bridgehead atoms. The number of nitrogens with zero attached hydrogens (tertiary/aromatic N) is 1. The predicted molar refractivity (Wildman–Crippen MR) is 44.0 cm³/mol. The highest BCUT2D eigenvalue weighted by molar-refractivity contribution is 4.54. The molecular weight excluding hydrogens is 126 g/mol. The minimum atomic E-state index is 0.328. The first kappa shape index (κ1) is 9.92. The van der Waals surface area contributed by atoms with Crippen molar-refractivity contribution in [1.82, 2.24) is 4.90 Å². The quantitative estimate of drug-likeness (QED) is 0.623. The summed E-state index contributed by atoms with van der Waals surface area (Å²) in [6.45, 7) is 3.63. The van der Waals surface area contributed by atoms with Crippen LogP contribution in [0.2, 0.25) is 0 Å². The molecule has 62 valence electrons. The molecular formula is C8H19NO. The molecule has 0 fully saturated rings. The predicted octanol–water partition coefficient (Wildman–Crippen LogP) is 0.957. The lowest BCUT2D eigenvalue weighted by molar-refractivity contribution is 0.249. The first-order valence-corrected chi connectivity index (χ1v) is 3.92. The third-order valence-corrected chi connectivity index (χ3v) is 1.69. The molecule has 0 aliphatic heterocycles. The van der Waals surface area contributed by atoms with Gasteiger partial charge in [0.25, 0.3) is 0 Å². The highest BCUT2D eigenvalue weighted by atomic mass is 16.3. The number of aliphatic hydroxyl groups excluding tert-OH is 1. The Bertz CT molecular complexity index is 73.7. The molecule has 0 aromatic carbocycles. The van der Waals surface area contributed by atoms with Crippen LogP contribution in [0.1, 0.15) is 19.8 Å². The summed E-state index contributed by atoms with van der Waals surface area (Å²) in [5.74, 6) is 0.660. The van der Waals surface area contributed by atoms with Crippen molar-refractivity contribution in [3.63, 3.8) is 0 Å². The molecule has 0 aliphatic rings. The van der Waals surface area contributed by atoms with Crippen molar-refractivity contribution in [2.45, 2.75) is 19.8 Å². The maximum atomic E-state index is 8.59. The maximum absolute atomic E-state index is 8.59. The van der Waals surface area contributed by atoms with E-state index in [9.17, 15) is 0 Å². The Labute approximate surface area is 63.8 Å². The van der Waals surface area contributed by atoms with Gasteiger partial charge in [-0.05, 0) is 39.4 Å².